The van der Waals surface area contributed by atoms with Gasteiger partial charge in [-0.2, -0.15) is 0 Å². The lowest BCUT2D eigenvalue weighted by Crippen LogP contribution is -2.36. The Morgan fingerprint density at radius 3 is 2.40 bits per heavy atom. The van der Waals surface area contributed by atoms with Crippen LogP contribution < -0.4 is 5.32 Å². The zero-order valence-corrected chi connectivity index (χ0v) is 13.7. The van der Waals surface area contributed by atoms with Crippen LogP contribution in [0.1, 0.15) is 23.2 Å². The number of nitrogens with one attached hydrogen (secondary N) is 1. The molecular weight excluding hydrogens is 323 g/mol. The van der Waals surface area contributed by atoms with Crippen molar-refractivity contribution in [1.82, 2.24) is 10.2 Å². The monoisotopic (exact) mass is 342 g/mol. The number of benzene rings is 1. The van der Waals surface area contributed by atoms with Gasteiger partial charge in [0.1, 0.15) is 5.82 Å². The first-order valence-corrected chi connectivity index (χ1v) is 8.64. The van der Waals surface area contributed by atoms with Gasteiger partial charge in [-0.15, -0.1) is 0 Å². The van der Waals surface area contributed by atoms with Gasteiger partial charge in [-0.3, -0.25) is 19.3 Å². The molecule has 2 bridgehead atoms. The molecule has 1 aromatic rings. The molecule has 130 valence electrons. The van der Waals surface area contributed by atoms with E-state index in [4.69, 9.17) is 0 Å². The summed E-state index contributed by atoms with van der Waals surface area (Å²) in [5.41, 5.74) is -0.00648. The van der Waals surface area contributed by atoms with Gasteiger partial charge >= 0.3 is 0 Å². The number of halogens is 1. The third kappa shape index (κ3) is 2.56. The molecule has 6 heteroatoms. The summed E-state index contributed by atoms with van der Waals surface area (Å²) < 4.78 is 13.5. The van der Waals surface area contributed by atoms with E-state index in [1.54, 1.807) is 6.07 Å². The van der Waals surface area contributed by atoms with Crippen LogP contribution in [-0.2, 0) is 9.59 Å². The summed E-state index contributed by atoms with van der Waals surface area (Å²) >= 11 is 0. The first-order chi connectivity index (χ1) is 12.1. The number of likely N-dealkylation sites (tertiary alicyclic amines) is 1. The van der Waals surface area contributed by atoms with Gasteiger partial charge in [-0.05, 0) is 36.8 Å². The van der Waals surface area contributed by atoms with Gasteiger partial charge in [0.15, 0.2) is 0 Å². The highest BCUT2D eigenvalue weighted by Gasteiger charge is 2.58. The fraction of sp³-hybridized carbons (Fsp3) is 0.421. The standard InChI is InChI=1S/C19H19FN2O3/c20-14-5-2-1-4-13(14)17(23)21-8-3-9-22-18(24)15-11-6-7-12(10-11)16(15)19(22)25/h1-2,4-7,11-12,15-16H,3,8-10H2,(H,21,23)/t11-,12-,15-,16-/m0/s1. The summed E-state index contributed by atoms with van der Waals surface area (Å²) in [6, 6.07) is 5.77. The molecule has 1 N–H and O–H groups in total. The number of nitrogens with zero attached hydrogens (tertiary/aromatic N) is 1. The summed E-state index contributed by atoms with van der Waals surface area (Å²) in [5.74, 6) is -1.17. The summed E-state index contributed by atoms with van der Waals surface area (Å²) in [4.78, 5) is 38.3. The van der Waals surface area contributed by atoms with Crippen molar-refractivity contribution in [3.8, 4) is 0 Å². The molecule has 25 heavy (non-hydrogen) atoms. The second-order valence-electron chi connectivity index (χ2n) is 6.92. The maximum absolute atomic E-state index is 13.5. The van der Waals surface area contributed by atoms with Gasteiger partial charge in [0, 0.05) is 13.1 Å². The molecule has 1 heterocycles. The smallest absolute Gasteiger partial charge is 0.254 e. The predicted molar refractivity (Wildman–Crippen MR) is 87.8 cm³/mol. The quantitative estimate of drug-likeness (QED) is 0.504. The van der Waals surface area contributed by atoms with E-state index in [1.165, 1.54) is 23.1 Å². The SMILES string of the molecule is O=C(NCCCN1C(=O)[C@@H]2[C@@H](C1=O)[C@H]1C=C[C@H]2C1)c1ccccc1F. The van der Waals surface area contributed by atoms with E-state index >= 15 is 0 Å². The molecule has 1 aliphatic heterocycles. The molecule has 3 aliphatic rings. The Bertz CT molecular complexity index is 746. The van der Waals surface area contributed by atoms with Crippen LogP contribution in [0.2, 0.25) is 0 Å². The number of rotatable bonds is 5. The lowest BCUT2D eigenvalue weighted by molar-refractivity contribution is -0.140. The van der Waals surface area contributed by atoms with Crippen LogP contribution in [0.5, 0.6) is 0 Å². The van der Waals surface area contributed by atoms with E-state index in [0.29, 0.717) is 13.0 Å². The molecule has 3 amide bonds. The molecule has 2 fully saturated rings. The molecule has 0 unspecified atom stereocenters. The largest absolute Gasteiger partial charge is 0.352 e. The Hall–Kier alpha value is -2.50. The number of amides is 3. The van der Waals surface area contributed by atoms with Crippen LogP contribution in [0, 0.1) is 29.5 Å². The molecule has 4 rings (SSSR count). The number of fused-ring (bicyclic) bond motifs is 5. The van der Waals surface area contributed by atoms with Crippen LogP contribution in [0.25, 0.3) is 0 Å². The highest BCUT2D eigenvalue weighted by atomic mass is 19.1. The molecule has 5 nitrogen and oxygen atoms in total. The Kier molecular flexibility index (Phi) is 3.90. The fourth-order valence-corrected chi connectivity index (χ4v) is 4.36. The maximum Gasteiger partial charge on any atom is 0.254 e. The predicted octanol–water partition coefficient (Wildman–Crippen LogP) is 1.75. The number of carbonyl (C=O) groups is 3. The summed E-state index contributed by atoms with van der Waals surface area (Å²) in [6.45, 7) is 0.576. The average Bonchev–Trinajstić information content (AvgIpc) is 3.27. The van der Waals surface area contributed by atoms with E-state index < -0.39 is 11.7 Å². The second kappa shape index (κ2) is 6.10. The van der Waals surface area contributed by atoms with Crippen molar-refractivity contribution in [2.45, 2.75) is 12.8 Å². The average molecular weight is 342 g/mol. The van der Waals surface area contributed by atoms with Crippen molar-refractivity contribution in [1.29, 1.82) is 0 Å². The maximum atomic E-state index is 13.5. The van der Waals surface area contributed by atoms with Crippen molar-refractivity contribution >= 4 is 17.7 Å². The molecule has 0 spiro atoms. The minimum atomic E-state index is -0.569. The van der Waals surface area contributed by atoms with E-state index in [1.807, 2.05) is 0 Å². The topological polar surface area (TPSA) is 66.5 Å². The van der Waals surface area contributed by atoms with Gasteiger partial charge in [0.05, 0.1) is 17.4 Å². The van der Waals surface area contributed by atoms with Gasteiger partial charge in [-0.1, -0.05) is 24.3 Å². The summed E-state index contributed by atoms with van der Waals surface area (Å²) in [5, 5.41) is 2.63. The molecule has 4 atom stereocenters. The minimum absolute atomic E-state index is 0.00648. The zero-order valence-electron chi connectivity index (χ0n) is 13.7. The summed E-state index contributed by atoms with van der Waals surface area (Å²) in [7, 11) is 0. The van der Waals surface area contributed by atoms with Crippen LogP contribution in [0.3, 0.4) is 0 Å². The van der Waals surface area contributed by atoms with E-state index in [9.17, 15) is 18.8 Å². The second-order valence-corrected chi connectivity index (χ2v) is 6.92. The minimum Gasteiger partial charge on any atom is -0.352 e. The van der Waals surface area contributed by atoms with E-state index in [0.717, 1.165) is 6.42 Å². The first kappa shape index (κ1) is 16.0. The van der Waals surface area contributed by atoms with Gasteiger partial charge < -0.3 is 5.32 Å². The van der Waals surface area contributed by atoms with Crippen molar-refractivity contribution in [2.75, 3.05) is 13.1 Å². The molecule has 0 radical (unpaired) electrons. The highest BCUT2D eigenvalue weighted by Crippen LogP contribution is 2.52. The Morgan fingerprint density at radius 2 is 1.76 bits per heavy atom. The lowest BCUT2D eigenvalue weighted by Gasteiger charge is -2.17. The molecular formula is C19H19FN2O3. The molecule has 1 aromatic carbocycles. The van der Waals surface area contributed by atoms with Crippen molar-refractivity contribution < 1.29 is 18.8 Å². The van der Waals surface area contributed by atoms with E-state index in [2.05, 4.69) is 17.5 Å². The first-order valence-electron chi connectivity index (χ1n) is 8.64. The van der Waals surface area contributed by atoms with Crippen LogP contribution >= 0.6 is 0 Å². The number of hydrogen-bond donors (Lipinski definition) is 1. The van der Waals surface area contributed by atoms with Crippen LogP contribution in [-0.4, -0.2) is 35.7 Å². The number of imide groups is 1. The van der Waals surface area contributed by atoms with Crippen molar-refractivity contribution in [3.63, 3.8) is 0 Å². The fourth-order valence-electron chi connectivity index (χ4n) is 4.36. The number of allylic oxidation sites excluding steroid dienone is 2. The van der Waals surface area contributed by atoms with Crippen molar-refractivity contribution in [2.24, 2.45) is 23.7 Å². The Balaban J connectivity index is 1.30. The van der Waals surface area contributed by atoms with Gasteiger partial charge in [0.25, 0.3) is 5.91 Å². The Labute approximate surface area is 144 Å². The highest BCUT2D eigenvalue weighted by molar-refractivity contribution is 6.06. The normalized spacial score (nSPS) is 29.4. The van der Waals surface area contributed by atoms with Gasteiger partial charge in [-0.25, -0.2) is 4.39 Å². The molecule has 0 aromatic heterocycles. The third-order valence-corrected chi connectivity index (χ3v) is 5.52. The number of carbonyl (C=O) groups excluding carboxylic acids is 3. The number of hydrogen-bond acceptors (Lipinski definition) is 3. The van der Waals surface area contributed by atoms with Crippen LogP contribution in [0.4, 0.5) is 4.39 Å². The summed E-state index contributed by atoms with van der Waals surface area (Å²) in [6.07, 6.45) is 5.50. The lowest BCUT2D eigenvalue weighted by atomic mass is 9.85. The van der Waals surface area contributed by atoms with Crippen molar-refractivity contribution in [3.05, 3.63) is 47.8 Å². The molecule has 1 saturated heterocycles. The molecule has 1 saturated carbocycles. The zero-order chi connectivity index (χ0) is 17.6. The van der Waals surface area contributed by atoms with E-state index in [-0.39, 0.29) is 47.6 Å². The van der Waals surface area contributed by atoms with Crippen LogP contribution in [0.15, 0.2) is 36.4 Å². The third-order valence-electron chi connectivity index (χ3n) is 5.52. The molecule has 2 aliphatic carbocycles. The van der Waals surface area contributed by atoms with Gasteiger partial charge in [0.2, 0.25) is 11.8 Å². The Morgan fingerprint density at radius 1 is 1.12 bits per heavy atom.